The van der Waals surface area contributed by atoms with E-state index in [1.807, 2.05) is 13.0 Å². The molecule has 0 saturated carbocycles. The van der Waals surface area contributed by atoms with E-state index in [9.17, 15) is 13.9 Å². The normalized spacial score (nSPS) is 12.2. The van der Waals surface area contributed by atoms with Gasteiger partial charge in [0.25, 0.3) is 0 Å². The molecule has 0 unspecified atom stereocenters. The average molecular weight is 278 g/mol. The molecule has 2 nitrogen and oxygen atoms in total. The van der Waals surface area contributed by atoms with Crippen molar-refractivity contribution in [1.29, 1.82) is 0 Å². The highest BCUT2D eigenvalue weighted by atomic mass is 19.2. The number of halogens is 2. The first kappa shape index (κ1) is 14.5. The molecule has 2 aromatic rings. The second-order valence-electron chi connectivity index (χ2n) is 4.70. The van der Waals surface area contributed by atoms with Gasteiger partial charge in [0.05, 0.1) is 6.10 Å². The van der Waals surface area contributed by atoms with Gasteiger partial charge in [0.15, 0.2) is 11.6 Å². The zero-order valence-electron chi connectivity index (χ0n) is 11.4. The number of hydrogen-bond donors (Lipinski definition) is 1. The Kier molecular flexibility index (Phi) is 4.35. The summed E-state index contributed by atoms with van der Waals surface area (Å²) in [5.41, 5.74) is 1.79. The van der Waals surface area contributed by atoms with Crippen LogP contribution in [-0.2, 0) is 6.61 Å². The molecule has 106 valence electrons. The molecule has 0 heterocycles. The Morgan fingerprint density at radius 1 is 1.20 bits per heavy atom. The van der Waals surface area contributed by atoms with E-state index in [0.29, 0.717) is 5.75 Å². The summed E-state index contributed by atoms with van der Waals surface area (Å²) >= 11 is 0. The smallest absolute Gasteiger partial charge is 0.165 e. The highest BCUT2D eigenvalue weighted by Gasteiger charge is 2.09. The quantitative estimate of drug-likeness (QED) is 0.919. The average Bonchev–Trinajstić information content (AvgIpc) is 2.41. The fourth-order valence-corrected chi connectivity index (χ4v) is 1.91. The monoisotopic (exact) mass is 278 g/mol. The molecule has 2 rings (SSSR count). The lowest BCUT2D eigenvalue weighted by Gasteiger charge is -2.12. The van der Waals surface area contributed by atoms with Crippen LogP contribution < -0.4 is 4.74 Å². The van der Waals surface area contributed by atoms with E-state index in [0.717, 1.165) is 17.2 Å². The summed E-state index contributed by atoms with van der Waals surface area (Å²) in [7, 11) is 0. The van der Waals surface area contributed by atoms with Gasteiger partial charge in [-0.2, -0.15) is 0 Å². The van der Waals surface area contributed by atoms with Crippen molar-refractivity contribution in [2.24, 2.45) is 0 Å². The molecule has 4 heteroatoms. The van der Waals surface area contributed by atoms with E-state index in [-0.39, 0.29) is 12.2 Å². The number of ether oxygens (including phenoxy) is 1. The minimum atomic E-state index is -0.884. The van der Waals surface area contributed by atoms with Crippen LogP contribution in [0.15, 0.2) is 36.4 Å². The van der Waals surface area contributed by atoms with Crippen LogP contribution in [0.2, 0.25) is 0 Å². The Bertz CT molecular complexity index is 609. The zero-order valence-corrected chi connectivity index (χ0v) is 11.4. The molecule has 20 heavy (non-hydrogen) atoms. The van der Waals surface area contributed by atoms with Crippen molar-refractivity contribution < 1.29 is 18.6 Å². The highest BCUT2D eigenvalue weighted by molar-refractivity contribution is 5.37. The van der Waals surface area contributed by atoms with E-state index < -0.39 is 17.7 Å². The molecule has 0 aliphatic rings. The Labute approximate surface area is 116 Å². The van der Waals surface area contributed by atoms with Crippen LogP contribution in [0, 0.1) is 18.6 Å². The van der Waals surface area contributed by atoms with E-state index in [4.69, 9.17) is 4.74 Å². The number of aryl methyl sites for hydroxylation is 1. The van der Waals surface area contributed by atoms with Crippen molar-refractivity contribution >= 4 is 0 Å². The van der Waals surface area contributed by atoms with Crippen molar-refractivity contribution in [3.05, 3.63) is 64.7 Å². The van der Waals surface area contributed by atoms with Crippen LogP contribution in [0.4, 0.5) is 8.78 Å². The maximum atomic E-state index is 13.5. The predicted molar refractivity (Wildman–Crippen MR) is 72.5 cm³/mol. The van der Waals surface area contributed by atoms with Crippen LogP contribution in [-0.4, -0.2) is 5.11 Å². The molecule has 2 aromatic carbocycles. The lowest BCUT2D eigenvalue weighted by atomic mass is 10.1. The largest absolute Gasteiger partial charge is 0.489 e. The molecule has 0 aliphatic carbocycles. The summed E-state index contributed by atoms with van der Waals surface area (Å²) in [6.07, 6.45) is -0.552. The summed E-state index contributed by atoms with van der Waals surface area (Å²) in [6.45, 7) is 3.47. The minimum Gasteiger partial charge on any atom is -0.489 e. The Hall–Kier alpha value is -1.94. The highest BCUT2D eigenvalue weighted by Crippen LogP contribution is 2.24. The van der Waals surface area contributed by atoms with Gasteiger partial charge >= 0.3 is 0 Å². The third-order valence-electron chi connectivity index (χ3n) is 3.10. The second-order valence-corrected chi connectivity index (χ2v) is 4.70. The number of hydrogen-bond acceptors (Lipinski definition) is 2. The molecular formula is C16H16F2O2. The Morgan fingerprint density at radius 2 is 1.95 bits per heavy atom. The van der Waals surface area contributed by atoms with Gasteiger partial charge in [-0.3, -0.25) is 0 Å². The third-order valence-corrected chi connectivity index (χ3v) is 3.10. The topological polar surface area (TPSA) is 29.5 Å². The molecule has 0 spiro atoms. The number of rotatable bonds is 4. The molecule has 0 saturated heterocycles. The van der Waals surface area contributed by atoms with Gasteiger partial charge in [0.2, 0.25) is 0 Å². The van der Waals surface area contributed by atoms with Gasteiger partial charge in [-0.05, 0) is 43.2 Å². The maximum absolute atomic E-state index is 13.5. The molecular weight excluding hydrogens is 262 g/mol. The number of aliphatic hydroxyl groups is 1. The van der Waals surface area contributed by atoms with Crippen LogP contribution in [0.3, 0.4) is 0 Å². The van der Waals surface area contributed by atoms with Gasteiger partial charge in [-0.25, -0.2) is 8.78 Å². The van der Waals surface area contributed by atoms with Crippen molar-refractivity contribution in [3.8, 4) is 5.75 Å². The summed E-state index contributed by atoms with van der Waals surface area (Å²) in [5, 5.41) is 9.48. The molecule has 0 fully saturated rings. The molecule has 0 aliphatic heterocycles. The van der Waals surface area contributed by atoms with E-state index in [2.05, 4.69) is 0 Å². The van der Waals surface area contributed by atoms with Gasteiger partial charge in [-0.1, -0.05) is 18.2 Å². The first-order valence-electron chi connectivity index (χ1n) is 6.33. The van der Waals surface area contributed by atoms with Crippen molar-refractivity contribution in [3.63, 3.8) is 0 Å². The molecule has 1 N–H and O–H groups in total. The molecule has 0 bridgehead atoms. The van der Waals surface area contributed by atoms with Crippen molar-refractivity contribution in [2.75, 3.05) is 0 Å². The fourth-order valence-electron chi connectivity index (χ4n) is 1.91. The second kappa shape index (κ2) is 6.01. The lowest BCUT2D eigenvalue weighted by molar-refractivity contribution is 0.199. The Balaban J connectivity index is 2.13. The molecule has 0 aromatic heterocycles. The summed E-state index contributed by atoms with van der Waals surface area (Å²) in [4.78, 5) is 0. The van der Waals surface area contributed by atoms with Crippen LogP contribution in [0.1, 0.15) is 29.7 Å². The predicted octanol–water partition coefficient (Wildman–Crippen LogP) is 3.91. The third kappa shape index (κ3) is 3.14. The van der Waals surface area contributed by atoms with Gasteiger partial charge in [0.1, 0.15) is 12.4 Å². The zero-order chi connectivity index (χ0) is 14.7. The lowest BCUT2D eigenvalue weighted by Crippen LogP contribution is -2.02. The van der Waals surface area contributed by atoms with E-state index in [1.165, 1.54) is 12.1 Å². The number of benzene rings is 2. The summed E-state index contributed by atoms with van der Waals surface area (Å²) in [5.74, 6) is -1.18. The van der Waals surface area contributed by atoms with Gasteiger partial charge in [0, 0.05) is 5.56 Å². The first-order chi connectivity index (χ1) is 9.49. The van der Waals surface area contributed by atoms with E-state index >= 15 is 0 Å². The van der Waals surface area contributed by atoms with Crippen LogP contribution in [0.25, 0.3) is 0 Å². The molecule has 1 atom stereocenters. The fraction of sp³-hybridized carbons (Fsp3) is 0.250. The SMILES string of the molecule is Cc1cc([C@H](C)O)ccc1OCc1cccc(F)c1F. The maximum Gasteiger partial charge on any atom is 0.165 e. The minimum absolute atomic E-state index is 0.0432. The van der Waals surface area contributed by atoms with Crippen LogP contribution in [0.5, 0.6) is 5.75 Å². The van der Waals surface area contributed by atoms with Crippen LogP contribution >= 0.6 is 0 Å². The standard InChI is InChI=1S/C16H16F2O2/c1-10-8-12(11(2)19)6-7-15(10)20-9-13-4-3-5-14(17)16(13)18/h3-8,11,19H,9H2,1-2H3/t11-/m0/s1. The van der Waals surface area contributed by atoms with Gasteiger partial charge < -0.3 is 9.84 Å². The Morgan fingerprint density at radius 3 is 2.60 bits per heavy atom. The first-order valence-corrected chi connectivity index (χ1v) is 6.33. The van der Waals surface area contributed by atoms with Crippen molar-refractivity contribution in [1.82, 2.24) is 0 Å². The number of aliphatic hydroxyl groups excluding tert-OH is 1. The molecule has 0 amide bonds. The summed E-state index contributed by atoms with van der Waals surface area (Å²) < 4.78 is 32.1. The summed E-state index contributed by atoms with van der Waals surface area (Å²) in [6, 6.07) is 9.27. The van der Waals surface area contributed by atoms with Gasteiger partial charge in [-0.15, -0.1) is 0 Å². The van der Waals surface area contributed by atoms with Crippen molar-refractivity contribution in [2.45, 2.75) is 26.6 Å². The van der Waals surface area contributed by atoms with E-state index in [1.54, 1.807) is 19.1 Å². The molecule has 0 radical (unpaired) electrons.